The van der Waals surface area contributed by atoms with Crippen molar-refractivity contribution >= 4 is 5.84 Å². The Morgan fingerprint density at radius 3 is 2.83 bits per heavy atom. The summed E-state index contributed by atoms with van der Waals surface area (Å²) in [6.45, 7) is 2.59. The highest BCUT2D eigenvalue weighted by Crippen LogP contribution is 2.21. The maximum absolute atomic E-state index is 7.47. The molecule has 1 heterocycles. The minimum atomic E-state index is 0.0567. The van der Waals surface area contributed by atoms with Crippen molar-refractivity contribution in [1.82, 2.24) is 9.55 Å². The van der Waals surface area contributed by atoms with Crippen LogP contribution in [-0.4, -0.2) is 22.5 Å². The van der Waals surface area contributed by atoms with Gasteiger partial charge in [-0.05, 0) is 25.1 Å². The molecule has 0 aliphatic carbocycles. The van der Waals surface area contributed by atoms with Gasteiger partial charge in [-0.1, -0.05) is 0 Å². The van der Waals surface area contributed by atoms with Gasteiger partial charge in [0.25, 0.3) is 0 Å². The van der Waals surface area contributed by atoms with Crippen molar-refractivity contribution in [1.29, 1.82) is 5.41 Å². The lowest BCUT2D eigenvalue weighted by molar-refractivity contribution is 0.408. The molecule has 0 fully saturated rings. The molecule has 0 saturated carbocycles. The van der Waals surface area contributed by atoms with Crippen molar-refractivity contribution in [2.45, 2.75) is 13.5 Å². The van der Waals surface area contributed by atoms with Gasteiger partial charge in [0, 0.05) is 23.5 Å². The van der Waals surface area contributed by atoms with Crippen LogP contribution in [0.25, 0.3) is 0 Å². The van der Waals surface area contributed by atoms with E-state index in [0.717, 1.165) is 17.1 Å². The predicted octanol–water partition coefficient (Wildman–Crippen LogP) is 1.53. The molecule has 0 bridgehead atoms. The highest BCUT2D eigenvalue weighted by atomic mass is 16.5. The van der Waals surface area contributed by atoms with Gasteiger partial charge in [-0.15, -0.1) is 0 Å². The van der Waals surface area contributed by atoms with Crippen molar-refractivity contribution in [2.75, 3.05) is 7.11 Å². The molecule has 0 amide bonds. The molecule has 0 saturated heterocycles. The second-order valence-electron chi connectivity index (χ2n) is 4.04. The van der Waals surface area contributed by atoms with Gasteiger partial charge in [-0.2, -0.15) is 0 Å². The van der Waals surface area contributed by atoms with Crippen LogP contribution in [0.2, 0.25) is 0 Å². The van der Waals surface area contributed by atoms with Crippen LogP contribution in [0.5, 0.6) is 5.75 Å². The molecular formula is C13H16N4O. The summed E-state index contributed by atoms with van der Waals surface area (Å²) in [7, 11) is 1.63. The molecule has 2 rings (SSSR count). The fourth-order valence-corrected chi connectivity index (χ4v) is 1.82. The number of rotatable bonds is 4. The second-order valence-corrected chi connectivity index (χ2v) is 4.04. The fraction of sp³-hybridized carbons (Fsp3) is 0.231. The molecule has 94 valence electrons. The molecule has 1 aromatic carbocycles. The molecule has 0 atom stereocenters. The van der Waals surface area contributed by atoms with E-state index in [9.17, 15) is 0 Å². The minimum Gasteiger partial charge on any atom is -0.496 e. The second kappa shape index (κ2) is 4.91. The number of hydrogen-bond acceptors (Lipinski definition) is 3. The first-order valence-electron chi connectivity index (χ1n) is 5.61. The van der Waals surface area contributed by atoms with E-state index in [-0.39, 0.29) is 5.84 Å². The van der Waals surface area contributed by atoms with Crippen LogP contribution in [0.15, 0.2) is 30.6 Å². The molecule has 1 aromatic heterocycles. The lowest BCUT2D eigenvalue weighted by Crippen LogP contribution is -2.12. The Balaban J connectivity index is 2.38. The molecule has 18 heavy (non-hydrogen) atoms. The first-order valence-corrected chi connectivity index (χ1v) is 5.61. The zero-order chi connectivity index (χ0) is 13.1. The number of nitrogens with one attached hydrogen (secondary N) is 1. The van der Waals surface area contributed by atoms with Crippen LogP contribution in [0, 0.1) is 12.3 Å². The van der Waals surface area contributed by atoms with Crippen LogP contribution < -0.4 is 10.5 Å². The van der Waals surface area contributed by atoms with E-state index < -0.39 is 0 Å². The summed E-state index contributed by atoms with van der Waals surface area (Å²) < 4.78 is 7.34. The average molecular weight is 244 g/mol. The molecule has 2 aromatic rings. The van der Waals surface area contributed by atoms with Crippen molar-refractivity contribution in [2.24, 2.45) is 5.73 Å². The first-order chi connectivity index (χ1) is 8.61. The van der Waals surface area contributed by atoms with Crippen LogP contribution in [0.3, 0.4) is 0 Å². The molecule has 0 spiro atoms. The monoisotopic (exact) mass is 244 g/mol. The first kappa shape index (κ1) is 12.2. The third kappa shape index (κ3) is 2.34. The molecular weight excluding hydrogens is 228 g/mol. The van der Waals surface area contributed by atoms with Crippen molar-refractivity contribution in [3.8, 4) is 5.75 Å². The largest absolute Gasteiger partial charge is 0.496 e. The van der Waals surface area contributed by atoms with Gasteiger partial charge < -0.3 is 15.0 Å². The summed E-state index contributed by atoms with van der Waals surface area (Å²) in [6, 6.07) is 5.49. The van der Waals surface area contributed by atoms with Crippen molar-refractivity contribution in [3.63, 3.8) is 0 Å². The zero-order valence-electron chi connectivity index (χ0n) is 10.5. The maximum Gasteiger partial charge on any atom is 0.123 e. The maximum atomic E-state index is 7.47. The third-order valence-electron chi connectivity index (χ3n) is 2.86. The van der Waals surface area contributed by atoms with Gasteiger partial charge >= 0.3 is 0 Å². The predicted molar refractivity (Wildman–Crippen MR) is 70.1 cm³/mol. The van der Waals surface area contributed by atoms with E-state index in [1.54, 1.807) is 19.4 Å². The van der Waals surface area contributed by atoms with Gasteiger partial charge in [0.15, 0.2) is 0 Å². The van der Waals surface area contributed by atoms with E-state index in [0.29, 0.717) is 12.1 Å². The lowest BCUT2D eigenvalue weighted by Gasteiger charge is -2.12. The summed E-state index contributed by atoms with van der Waals surface area (Å²) >= 11 is 0. The Morgan fingerprint density at radius 2 is 2.28 bits per heavy atom. The number of amidine groups is 1. The summed E-state index contributed by atoms with van der Waals surface area (Å²) in [5, 5.41) is 7.47. The summed E-state index contributed by atoms with van der Waals surface area (Å²) in [6.07, 6.45) is 3.67. The molecule has 0 radical (unpaired) electrons. The van der Waals surface area contributed by atoms with Crippen LogP contribution in [0.1, 0.15) is 17.0 Å². The van der Waals surface area contributed by atoms with Crippen molar-refractivity contribution < 1.29 is 4.74 Å². The number of nitrogen functional groups attached to an aromatic ring is 1. The van der Waals surface area contributed by atoms with Crippen LogP contribution in [-0.2, 0) is 6.54 Å². The molecule has 3 N–H and O–H groups in total. The molecule has 0 aliphatic heterocycles. The smallest absolute Gasteiger partial charge is 0.123 e. The highest BCUT2D eigenvalue weighted by molar-refractivity contribution is 5.95. The van der Waals surface area contributed by atoms with Gasteiger partial charge in [0.2, 0.25) is 0 Å². The van der Waals surface area contributed by atoms with Crippen LogP contribution >= 0.6 is 0 Å². The van der Waals surface area contributed by atoms with E-state index in [1.165, 1.54) is 0 Å². The Kier molecular flexibility index (Phi) is 3.32. The standard InChI is InChI=1S/C13H16N4O/c1-9-16-5-6-17(9)8-11-7-10(13(14)15)3-4-12(11)18-2/h3-7H,8H2,1-2H3,(H3,14,15). The van der Waals surface area contributed by atoms with Crippen molar-refractivity contribution in [3.05, 3.63) is 47.5 Å². The Morgan fingerprint density at radius 1 is 1.50 bits per heavy atom. The molecule has 0 aliphatic rings. The number of benzene rings is 1. The number of aromatic nitrogens is 2. The summed E-state index contributed by atoms with van der Waals surface area (Å²) in [5.41, 5.74) is 7.18. The molecule has 5 nitrogen and oxygen atoms in total. The normalized spacial score (nSPS) is 10.3. The number of nitrogens with zero attached hydrogens (tertiary/aromatic N) is 2. The van der Waals surface area contributed by atoms with Gasteiger partial charge in [-0.25, -0.2) is 4.98 Å². The molecule has 0 unspecified atom stereocenters. The Labute approximate surface area is 106 Å². The van der Waals surface area contributed by atoms with E-state index >= 15 is 0 Å². The summed E-state index contributed by atoms with van der Waals surface area (Å²) in [4.78, 5) is 4.18. The van der Waals surface area contributed by atoms with Gasteiger partial charge in [-0.3, -0.25) is 5.41 Å². The number of ether oxygens (including phenoxy) is 1. The SMILES string of the molecule is COc1ccc(C(=N)N)cc1Cn1ccnc1C. The third-order valence-corrected chi connectivity index (χ3v) is 2.86. The number of nitrogens with two attached hydrogens (primary N) is 1. The quantitative estimate of drug-likeness (QED) is 0.632. The number of methoxy groups -OCH3 is 1. The number of aryl methyl sites for hydroxylation is 1. The Bertz CT molecular complexity index is 574. The zero-order valence-corrected chi connectivity index (χ0v) is 10.5. The fourth-order valence-electron chi connectivity index (χ4n) is 1.82. The number of imidazole rings is 1. The topological polar surface area (TPSA) is 76.9 Å². The Hall–Kier alpha value is -2.30. The van der Waals surface area contributed by atoms with Crippen LogP contribution in [0.4, 0.5) is 0 Å². The van der Waals surface area contributed by atoms with E-state index in [2.05, 4.69) is 4.98 Å². The number of hydrogen-bond donors (Lipinski definition) is 2. The van der Waals surface area contributed by atoms with Gasteiger partial charge in [0.1, 0.15) is 17.4 Å². The summed E-state index contributed by atoms with van der Waals surface area (Å²) in [5.74, 6) is 1.78. The van der Waals surface area contributed by atoms with Gasteiger partial charge in [0.05, 0.1) is 13.7 Å². The lowest BCUT2D eigenvalue weighted by atomic mass is 10.1. The average Bonchev–Trinajstić information content (AvgIpc) is 2.75. The highest BCUT2D eigenvalue weighted by Gasteiger charge is 2.08. The molecule has 5 heteroatoms. The van der Waals surface area contributed by atoms with E-state index in [1.807, 2.05) is 29.8 Å². The van der Waals surface area contributed by atoms with E-state index in [4.69, 9.17) is 15.9 Å². The minimum absolute atomic E-state index is 0.0567.